The van der Waals surface area contributed by atoms with Gasteiger partial charge in [-0.05, 0) is 43.5 Å². The van der Waals surface area contributed by atoms with Crippen LogP contribution >= 0.6 is 0 Å². The number of carbonyl (C=O) groups excluding carboxylic acids is 1. The summed E-state index contributed by atoms with van der Waals surface area (Å²) in [5.74, 6) is 1.01. The molecule has 1 aromatic carbocycles. The first-order valence-electron chi connectivity index (χ1n) is 7.41. The second-order valence-corrected chi connectivity index (χ2v) is 5.30. The Morgan fingerprint density at radius 2 is 2.35 bits per heavy atom. The van der Waals surface area contributed by atoms with E-state index in [4.69, 9.17) is 4.74 Å². The summed E-state index contributed by atoms with van der Waals surface area (Å²) in [6.07, 6.45) is 5.01. The van der Waals surface area contributed by atoms with Crippen molar-refractivity contribution in [3.63, 3.8) is 0 Å². The van der Waals surface area contributed by atoms with Crippen LogP contribution in [0.5, 0.6) is 5.75 Å². The zero-order valence-electron chi connectivity index (χ0n) is 12.2. The molecule has 1 aromatic rings. The molecule has 0 saturated carbocycles. The van der Waals surface area contributed by atoms with Crippen LogP contribution in [-0.4, -0.2) is 32.1 Å². The fourth-order valence-corrected chi connectivity index (χ4v) is 2.57. The minimum absolute atomic E-state index is 0.146. The minimum atomic E-state index is 0.146. The molecule has 2 N–H and O–H groups in total. The molecule has 0 aromatic heterocycles. The number of carbonyl (C=O) groups is 1. The summed E-state index contributed by atoms with van der Waals surface area (Å²) in [6.45, 7) is 1.72. The van der Waals surface area contributed by atoms with Gasteiger partial charge in [0.2, 0.25) is 5.91 Å². The van der Waals surface area contributed by atoms with E-state index < -0.39 is 0 Å². The number of rotatable bonds is 6. The third-order valence-electron chi connectivity index (χ3n) is 3.71. The number of hydrogen-bond donors (Lipinski definition) is 2. The predicted octanol–water partition coefficient (Wildman–Crippen LogP) is 1.89. The lowest BCUT2D eigenvalue weighted by Crippen LogP contribution is -2.39. The maximum atomic E-state index is 11.8. The van der Waals surface area contributed by atoms with E-state index in [1.807, 2.05) is 18.2 Å². The van der Waals surface area contributed by atoms with Crippen LogP contribution in [0.2, 0.25) is 0 Å². The summed E-state index contributed by atoms with van der Waals surface area (Å²) < 4.78 is 5.19. The van der Waals surface area contributed by atoms with Crippen LogP contribution in [0.4, 0.5) is 0 Å². The molecular formula is C16H24N2O2. The highest BCUT2D eigenvalue weighted by Crippen LogP contribution is 2.13. The fraction of sp³-hybridized carbons (Fsp3) is 0.562. The summed E-state index contributed by atoms with van der Waals surface area (Å²) >= 11 is 0. The first-order chi connectivity index (χ1) is 9.78. The molecule has 110 valence electrons. The molecular weight excluding hydrogens is 252 g/mol. The SMILES string of the molecule is COc1cccc(CCNC(=O)CC2CCCCN2)c1. The van der Waals surface area contributed by atoms with Crippen molar-refractivity contribution in [2.24, 2.45) is 0 Å². The lowest BCUT2D eigenvalue weighted by molar-refractivity contribution is -0.121. The van der Waals surface area contributed by atoms with E-state index in [0.29, 0.717) is 19.0 Å². The van der Waals surface area contributed by atoms with Crippen LogP contribution in [0, 0.1) is 0 Å². The van der Waals surface area contributed by atoms with Crippen LogP contribution in [0.15, 0.2) is 24.3 Å². The Labute approximate surface area is 120 Å². The molecule has 0 aliphatic carbocycles. The van der Waals surface area contributed by atoms with E-state index in [9.17, 15) is 4.79 Å². The fourth-order valence-electron chi connectivity index (χ4n) is 2.57. The third kappa shape index (κ3) is 4.85. The maximum Gasteiger partial charge on any atom is 0.221 e. The monoisotopic (exact) mass is 276 g/mol. The Kier molecular flexibility index (Phi) is 5.87. The molecule has 20 heavy (non-hydrogen) atoms. The molecule has 1 saturated heterocycles. The largest absolute Gasteiger partial charge is 0.497 e. The van der Waals surface area contributed by atoms with Gasteiger partial charge in [0.1, 0.15) is 5.75 Å². The topological polar surface area (TPSA) is 50.4 Å². The second kappa shape index (κ2) is 7.90. The summed E-state index contributed by atoms with van der Waals surface area (Å²) in [5, 5.41) is 6.39. The molecule has 2 rings (SSSR count). The Bertz CT molecular complexity index is 428. The molecule has 0 bridgehead atoms. The molecule has 1 aliphatic rings. The molecule has 1 fully saturated rings. The van der Waals surface area contributed by atoms with E-state index in [-0.39, 0.29) is 5.91 Å². The molecule has 1 heterocycles. The molecule has 0 radical (unpaired) electrons. The average molecular weight is 276 g/mol. The van der Waals surface area contributed by atoms with Gasteiger partial charge in [-0.25, -0.2) is 0 Å². The number of amides is 1. The maximum absolute atomic E-state index is 11.8. The zero-order valence-corrected chi connectivity index (χ0v) is 12.2. The van der Waals surface area contributed by atoms with Gasteiger partial charge in [0.25, 0.3) is 0 Å². The molecule has 0 spiro atoms. The number of benzene rings is 1. The van der Waals surface area contributed by atoms with Gasteiger partial charge in [-0.2, -0.15) is 0 Å². The number of hydrogen-bond acceptors (Lipinski definition) is 3. The summed E-state index contributed by atoms with van der Waals surface area (Å²) in [7, 11) is 1.66. The Balaban J connectivity index is 1.67. The van der Waals surface area contributed by atoms with Crippen LogP contribution in [0.1, 0.15) is 31.2 Å². The molecule has 1 unspecified atom stereocenters. The average Bonchev–Trinajstić information content (AvgIpc) is 2.48. The van der Waals surface area contributed by atoms with E-state index in [1.54, 1.807) is 7.11 Å². The van der Waals surface area contributed by atoms with Gasteiger partial charge in [-0.1, -0.05) is 18.6 Å². The Hall–Kier alpha value is -1.55. The van der Waals surface area contributed by atoms with Gasteiger partial charge in [-0.15, -0.1) is 0 Å². The molecule has 1 aliphatic heterocycles. The normalized spacial score (nSPS) is 18.6. The zero-order chi connectivity index (χ0) is 14.2. The third-order valence-corrected chi connectivity index (χ3v) is 3.71. The van der Waals surface area contributed by atoms with Crippen LogP contribution in [-0.2, 0) is 11.2 Å². The van der Waals surface area contributed by atoms with Crippen molar-refractivity contribution >= 4 is 5.91 Å². The van der Waals surface area contributed by atoms with Crippen molar-refractivity contribution in [3.8, 4) is 5.75 Å². The highest BCUT2D eigenvalue weighted by atomic mass is 16.5. The molecule has 4 heteroatoms. The van der Waals surface area contributed by atoms with Gasteiger partial charge >= 0.3 is 0 Å². The van der Waals surface area contributed by atoms with Gasteiger partial charge in [0.15, 0.2) is 0 Å². The quantitative estimate of drug-likeness (QED) is 0.834. The number of ether oxygens (including phenoxy) is 1. The first kappa shape index (κ1) is 14.9. The Morgan fingerprint density at radius 1 is 1.45 bits per heavy atom. The molecule has 1 amide bonds. The van der Waals surface area contributed by atoms with E-state index >= 15 is 0 Å². The van der Waals surface area contributed by atoms with Crippen molar-refractivity contribution < 1.29 is 9.53 Å². The van der Waals surface area contributed by atoms with Crippen molar-refractivity contribution in [3.05, 3.63) is 29.8 Å². The minimum Gasteiger partial charge on any atom is -0.497 e. The van der Waals surface area contributed by atoms with Crippen molar-refractivity contribution in [1.29, 1.82) is 0 Å². The summed E-state index contributed by atoms with van der Waals surface area (Å²) in [5.41, 5.74) is 1.18. The second-order valence-electron chi connectivity index (χ2n) is 5.30. The van der Waals surface area contributed by atoms with E-state index in [2.05, 4.69) is 16.7 Å². The van der Waals surface area contributed by atoms with Gasteiger partial charge < -0.3 is 15.4 Å². The van der Waals surface area contributed by atoms with Crippen LogP contribution < -0.4 is 15.4 Å². The van der Waals surface area contributed by atoms with Gasteiger partial charge in [0, 0.05) is 19.0 Å². The summed E-state index contributed by atoms with van der Waals surface area (Å²) in [4.78, 5) is 11.8. The smallest absolute Gasteiger partial charge is 0.221 e. The summed E-state index contributed by atoms with van der Waals surface area (Å²) in [6, 6.07) is 8.32. The molecule has 4 nitrogen and oxygen atoms in total. The van der Waals surface area contributed by atoms with Crippen molar-refractivity contribution in [2.75, 3.05) is 20.2 Å². The van der Waals surface area contributed by atoms with E-state index in [1.165, 1.54) is 18.4 Å². The van der Waals surface area contributed by atoms with E-state index in [0.717, 1.165) is 25.1 Å². The highest BCUT2D eigenvalue weighted by Gasteiger charge is 2.15. The van der Waals surface area contributed by atoms with Crippen LogP contribution in [0.3, 0.4) is 0 Å². The highest BCUT2D eigenvalue weighted by molar-refractivity contribution is 5.76. The molecule has 1 atom stereocenters. The number of piperidine rings is 1. The predicted molar refractivity (Wildman–Crippen MR) is 80.0 cm³/mol. The Morgan fingerprint density at radius 3 is 3.10 bits per heavy atom. The van der Waals surface area contributed by atoms with Crippen molar-refractivity contribution in [1.82, 2.24) is 10.6 Å². The lowest BCUT2D eigenvalue weighted by Gasteiger charge is -2.22. The first-order valence-corrected chi connectivity index (χ1v) is 7.41. The number of methoxy groups -OCH3 is 1. The standard InChI is InChI=1S/C16H24N2O2/c1-20-15-7-4-5-13(11-15)8-10-18-16(19)12-14-6-2-3-9-17-14/h4-5,7,11,14,17H,2-3,6,8-10,12H2,1H3,(H,18,19). The van der Waals surface area contributed by atoms with Gasteiger partial charge in [-0.3, -0.25) is 4.79 Å². The number of nitrogens with one attached hydrogen (secondary N) is 2. The van der Waals surface area contributed by atoms with Gasteiger partial charge in [0.05, 0.1) is 7.11 Å². The lowest BCUT2D eigenvalue weighted by atomic mass is 10.0. The van der Waals surface area contributed by atoms with Crippen LogP contribution in [0.25, 0.3) is 0 Å². The van der Waals surface area contributed by atoms with Crippen molar-refractivity contribution in [2.45, 2.75) is 38.1 Å².